The fourth-order valence-electron chi connectivity index (χ4n) is 4.20. The summed E-state index contributed by atoms with van der Waals surface area (Å²) in [4.78, 5) is 37.8. The van der Waals surface area contributed by atoms with Gasteiger partial charge in [-0.3, -0.25) is 9.36 Å². The van der Waals surface area contributed by atoms with E-state index in [0.717, 1.165) is 32.1 Å². The molecule has 1 saturated carbocycles. The van der Waals surface area contributed by atoms with Crippen molar-refractivity contribution in [3.8, 4) is 0 Å². The summed E-state index contributed by atoms with van der Waals surface area (Å²) >= 11 is 0. The zero-order valence-electron chi connectivity index (χ0n) is 23.4. The number of hydrogen-bond donors (Lipinski definition) is 2. The highest BCUT2D eigenvalue weighted by Crippen LogP contribution is 2.46. The molecule has 13 nitrogen and oxygen atoms in total. The molecule has 1 fully saturated rings. The zero-order valence-corrected chi connectivity index (χ0v) is 24.3. The van der Waals surface area contributed by atoms with Crippen LogP contribution in [0, 0.1) is 0 Å². The van der Waals surface area contributed by atoms with Gasteiger partial charge in [-0.05, 0) is 59.8 Å². The summed E-state index contributed by atoms with van der Waals surface area (Å²) in [5.74, 6) is -0.931. The van der Waals surface area contributed by atoms with E-state index in [1.54, 1.807) is 31.7 Å². The normalized spacial score (nSPS) is 17.6. The van der Waals surface area contributed by atoms with Crippen molar-refractivity contribution in [3.05, 3.63) is 12.7 Å². The molecule has 14 heteroatoms. The molecule has 0 aromatic carbocycles. The van der Waals surface area contributed by atoms with Crippen LogP contribution in [0.15, 0.2) is 12.7 Å². The quantitative estimate of drug-likeness (QED) is 0.182. The van der Waals surface area contributed by atoms with E-state index < -0.39 is 43.6 Å². The van der Waals surface area contributed by atoms with Crippen LogP contribution in [0.25, 0.3) is 11.2 Å². The molecule has 0 amide bonds. The number of carbonyl (C=O) groups is 2. The standard InChI is InChI=1S/C25H41N6O7P/c1-6-7-12-35-24(33)25(4,5)30-39(34,38-18(3)23(32)37-19-10-8-9-11-19)16-36-17(2)13-31-15-29-20-21(26)27-14-28-22(20)31/h14-15,17-19H,6-13,16H2,1-5H3,(H,30,34)(H2,26,27,28)/t17-,18+,39-/m1/s1. The zero-order chi connectivity index (χ0) is 28.6. The number of anilines is 1. The molecule has 0 saturated heterocycles. The Morgan fingerprint density at radius 3 is 2.64 bits per heavy atom. The number of unbranched alkanes of at least 4 members (excludes halogenated alkanes) is 1. The van der Waals surface area contributed by atoms with Crippen molar-refractivity contribution in [1.82, 2.24) is 24.6 Å². The van der Waals surface area contributed by atoms with E-state index in [2.05, 4.69) is 20.0 Å². The van der Waals surface area contributed by atoms with Crippen LogP contribution in [-0.2, 0) is 39.4 Å². The summed E-state index contributed by atoms with van der Waals surface area (Å²) in [5.41, 5.74) is 5.50. The van der Waals surface area contributed by atoms with E-state index in [1.165, 1.54) is 13.3 Å². The lowest BCUT2D eigenvalue weighted by Gasteiger charge is -2.31. The molecule has 0 bridgehead atoms. The van der Waals surface area contributed by atoms with Gasteiger partial charge in [0.15, 0.2) is 17.6 Å². The molecular formula is C25H41N6O7P. The van der Waals surface area contributed by atoms with Crippen molar-refractivity contribution in [3.63, 3.8) is 0 Å². The number of esters is 2. The summed E-state index contributed by atoms with van der Waals surface area (Å²) in [6.07, 6.45) is 5.88. The second-order valence-electron chi connectivity index (χ2n) is 10.4. The summed E-state index contributed by atoms with van der Waals surface area (Å²) in [6, 6.07) is 0. The number of nitrogens with zero attached hydrogens (tertiary/aromatic N) is 4. The number of nitrogens with one attached hydrogen (secondary N) is 1. The van der Waals surface area contributed by atoms with Crippen molar-refractivity contribution in [2.24, 2.45) is 0 Å². The average molecular weight is 569 g/mol. The van der Waals surface area contributed by atoms with Crippen LogP contribution in [0.1, 0.15) is 73.1 Å². The largest absolute Gasteiger partial charge is 0.464 e. The van der Waals surface area contributed by atoms with Crippen molar-refractivity contribution in [2.45, 2.75) is 104 Å². The maximum absolute atomic E-state index is 14.0. The van der Waals surface area contributed by atoms with Crippen LogP contribution in [0.5, 0.6) is 0 Å². The average Bonchev–Trinajstić information content (AvgIpc) is 3.53. The Bertz CT molecular complexity index is 1170. The number of nitrogen functional groups attached to an aromatic ring is 1. The topological polar surface area (TPSA) is 170 Å². The van der Waals surface area contributed by atoms with Gasteiger partial charge in [0.25, 0.3) is 7.52 Å². The second kappa shape index (κ2) is 13.6. The summed E-state index contributed by atoms with van der Waals surface area (Å²) in [5, 5.41) is 2.80. The Morgan fingerprint density at radius 1 is 1.23 bits per heavy atom. The van der Waals surface area contributed by atoms with Gasteiger partial charge in [0.1, 0.15) is 29.8 Å². The van der Waals surface area contributed by atoms with Crippen molar-refractivity contribution in [1.29, 1.82) is 0 Å². The van der Waals surface area contributed by atoms with Crippen LogP contribution in [0.2, 0.25) is 0 Å². The molecule has 2 heterocycles. The number of imidazole rings is 1. The maximum Gasteiger partial charge on any atom is 0.335 e. The van der Waals surface area contributed by atoms with E-state index in [4.69, 9.17) is 24.5 Å². The smallest absolute Gasteiger partial charge is 0.335 e. The molecule has 1 aliphatic rings. The molecule has 39 heavy (non-hydrogen) atoms. The highest BCUT2D eigenvalue weighted by atomic mass is 31.2. The minimum Gasteiger partial charge on any atom is -0.464 e. The molecule has 3 N–H and O–H groups in total. The minimum absolute atomic E-state index is 0.167. The van der Waals surface area contributed by atoms with E-state index in [1.807, 2.05) is 6.92 Å². The first kappa shape index (κ1) is 30.9. The first-order valence-electron chi connectivity index (χ1n) is 13.4. The van der Waals surface area contributed by atoms with E-state index in [0.29, 0.717) is 24.1 Å². The molecule has 0 spiro atoms. The number of nitrogens with two attached hydrogens (primary N) is 1. The molecule has 2 aromatic rings. The first-order chi connectivity index (χ1) is 18.4. The van der Waals surface area contributed by atoms with Crippen molar-refractivity contribution >= 4 is 36.4 Å². The highest BCUT2D eigenvalue weighted by molar-refractivity contribution is 7.56. The molecule has 0 unspecified atom stereocenters. The molecule has 2 aromatic heterocycles. The third-order valence-electron chi connectivity index (χ3n) is 6.35. The summed E-state index contributed by atoms with van der Waals surface area (Å²) in [7, 11) is -3.93. The number of hydrogen-bond acceptors (Lipinski definition) is 11. The van der Waals surface area contributed by atoms with Gasteiger partial charge in [0, 0.05) is 0 Å². The minimum atomic E-state index is -3.93. The Kier molecular flexibility index (Phi) is 10.8. The SMILES string of the molecule is CCCCOC(=O)C(C)(C)N[P@@](=O)(CO[C@H](C)Cn1cnc2c(N)ncnc21)O[C@@H](C)C(=O)OC1CCCC1. The molecule has 3 rings (SSSR count). The fraction of sp³-hybridized carbons (Fsp3) is 0.720. The van der Waals surface area contributed by atoms with E-state index in [9.17, 15) is 14.2 Å². The Balaban J connectivity index is 1.70. The van der Waals surface area contributed by atoms with Gasteiger partial charge in [-0.2, -0.15) is 0 Å². The van der Waals surface area contributed by atoms with E-state index >= 15 is 0 Å². The monoisotopic (exact) mass is 568 g/mol. The van der Waals surface area contributed by atoms with E-state index in [-0.39, 0.29) is 18.5 Å². The van der Waals surface area contributed by atoms with Crippen LogP contribution >= 0.6 is 7.52 Å². The van der Waals surface area contributed by atoms with Gasteiger partial charge < -0.3 is 29.0 Å². The van der Waals surface area contributed by atoms with Gasteiger partial charge in [0.2, 0.25) is 0 Å². The maximum atomic E-state index is 14.0. The highest BCUT2D eigenvalue weighted by Gasteiger charge is 2.41. The molecule has 0 aliphatic heterocycles. The number of ether oxygens (including phenoxy) is 3. The lowest BCUT2D eigenvalue weighted by atomic mass is 10.1. The predicted octanol–water partition coefficient (Wildman–Crippen LogP) is 3.57. The third-order valence-corrected chi connectivity index (χ3v) is 8.39. The van der Waals surface area contributed by atoms with Crippen LogP contribution in [0.4, 0.5) is 5.82 Å². The van der Waals surface area contributed by atoms with Gasteiger partial charge in [-0.15, -0.1) is 0 Å². The Labute approximate surface area is 229 Å². The summed E-state index contributed by atoms with van der Waals surface area (Å²) < 4.78 is 38.4. The Morgan fingerprint density at radius 2 is 1.95 bits per heavy atom. The van der Waals surface area contributed by atoms with Crippen LogP contribution in [0.3, 0.4) is 0 Å². The molecule has 1 aliphatic carbocycles. The first-order valence-corrected chi connectivity index (χ1v) is 15.2. The third kappa shape index (κ3) is 8.69. The van der Waals surface area contributed by atoms with Crippen LogP contribution in [-0.4, -0.2) is 68.3 Å². The van der Waals surface area contributed by atoms with Crippen LogP contribution < -0.4 is 10.8 Å². The number of fused-ring (bicyclic) bond motifs is 1. The van der Waals surface area contributed by atoms with Gasteiger partial charge >= 0.3 is 11.9 Å². The second-order valence-corrected chi connectivity index (χ2v) is 12.5. The number of aromatic nitrogens is 4. The molecular weight excluding hydrogens is 527 g/mol. The number of rotatable bonds is 15. The Hall–Kier alpha value is -2.60. The van der Waals surface area contributed by atoms with Gasteiger partial charge in [-0.25, -0.2) is 24.8 Å². The molecule has 218 valence electrons. The fourth-order valence-corrected chi connectivity index (χ4v) is 6.37. The lowest BCUT2D eigenvalue weighted by molar-refractivity contribution is -0.156. The summed E-state index contributed by atoms with van der Waals surface area (Å²) in [6.45, 7) is 8.89. The lowest BCUT2D eigenvalue weighted by Crippen LogP contribution is -2.47. The van der Waals surface area contributed by atoms with Gasteiger partial charge in [-0.1, -0.05) is 13.3 Å². The number of carbonyl (C=O) groups excluding carboxylic acids is 2. The van der Waals surface area contributed by atoms with Crippen molar-refractivity contribution < 1.29 is 32.9 Å². The predicted molar refractivity (Wildman–Crippen MR) is 145 cm³/mol. The van der Waals surface area contributed by atoms with Crippen molar-refractivity contribution in [2.75, 3.05) is 18.7 Å². The van der Waals surface area contributed by atoms with Gasteiger partial charge in [0.05, 0.1) is 25.6 Å². The molecule has 3 atom stereocenters. The molecule has 0 radical (unpaired) electrons.